The summed E-state index contributed by atoms with van der Waals surface area (Å²) >= 11 is 0. The third-order valence-corrected chi connectivity index (χ3v) is 4.58. The Kier molecular flexibility index (Phi) is 6.91. The van der Waals surface area contributed by atoms with Crippen molar-refractivity contribution in [1.29, 1.82) is 0 Å². The van der Waals surface area contributed by atoms with Crippen LogP contribution in [0.5, 0.6) is 0 Å². The summed E-state index contributed by atoms with van der Waals surface area (Å²) < 4.78 is 11.0. The monoisotopic (exact) mass is 362 g/mol. The molecule has 0 bridgehead atoms. The van der Waals surface area contributed by atoms with E-state index in [-0.39, 0.29) is 36.9 Å². The molecule has 6 heteroatoms. The number of aliphatic hydroxyl groups is 1. The Morgan fingerprint density at radius 1 is 1.50 bits per heavy atom. The second-order valence-electron chi connectivity index (χ2n) is 7.17. The van der Waals surface area contributed by atoms with Crippen LogP contribution in [0.15, 0.2) is 35.5 Å². The number of aldehydes is 1. The first-order valence-corrected chi connectivity index (χ1v) is 8.89. The third kappa shape index (κ3) is 4.91. The van der Waals surface area contributed by atoms with Crippen molar-refractivity contribution >= 4 is 18.2 Å². The lowest BCUT2D eigenvalue weighted by Gasteiger charge is -2.27. The van der Waals surface area contributed by atoms with Crippen molar-refractivity contribution in [3.63, 3.8) is 0 Å². The number of allylic oxidation sites excluding steroid dienone is 1. The van der Waals surface area contributed by atoms with Gasteiger partial charge in [0.05, 0.1) is 12.5 Å². The SMILES string of the molecule is C=C1C(=O)O[C@@H]2/C=C(\CO)CC/C=C(\C=O)C[C@H](OC(=O)CC(C)C)[C@@H]12. The minimum absolute atomic E-state index is 0.129. The van der Waals surface area contributed by atoms with E-state index < -0.39 is 24.1 Å². The van der Waals surface area contributed by atoms with E-state index in [0.717, 1.165) is 6.29 Å². The Morgan fingerprint density at radius 3 is 2.85 bits per heavy atom. The lowest BCUT2D eigenvalue weighted by molar-refractivity contribution is -0.153. The highest BCUT2D eigenvalue weighted by molar-refractivity contribution is 5.91. The summed E-state index contributed by atoms with van der Waals surface area (Å²) in [6.07, 6.45) is 4.40. The van der Waals surface area contributed by atoms with E-state index in [9.17, 15) is 19.5 Å². The van der Waals surface area contributed by atoms with Crippen molar-refractivity contribution < 1.29 is 29.0 Å². The Balaban J connectivity index is 2.38. The van der Waals surface area contributed by atoms with Crippen LogP contribution >= 0.6 is 0 Å². The maximum absolute atomic E-state index is 12.2. The molecule has 0 aromatic heterocycles. The predicted octanol–water partition coefficient (Wildman–Crippen LogP) is 2.27. The second kappa shape index (κ2) is 8.94. The van der Waals surface area contributed by atoms with Crippen molar-refractivity contribution in [2.45, 2.75) is 51.7 Å². The molecule has 0 radical (unpaired) electrons. The molecule has 1 heterocycles. The van der Waals surface area contributed by atoms with Crippen LogP contribution in [-0.4, -0.2) is 42.1 Å². The Morgan fingerprint density at radius 2 is 2.23 bits per heavy atom. The van der Waals surface area contributed by atoms with Gasteiger partial charge in [0.15, 0.2) is 0 Å². The fourth-order valence-corrected chi connectivity index (χ4v) is 3.28. The largest absolute Gasteiger partial charge is 0.461 e. The van der Waals surface area contributed by atoms with Crippen LogP contribution in [0.4, 0.5) is 0 Å². The molecule has 0 spiro atoms. The van der Waals surface area contributed by atoms with Gasteiger partial charge >= 0.3 is 11.9 Å². The maximum atomic E-state index is 12.2. The van der Waals surface area contributed by atoms with E-state index in [0.29, 0.717) is 24.0 Å². The highest BCUT2D eigenvalue weighted by Crippen LogP contribution is 2.36. The molecule has 0 amide bonds. The predicted molar refractivity (Wildman–Crippen MR) is 95.0 cm³/mol. The minimum Gasteiger partial charge on any atom is -0.461 e. The quantitative estimate of drug-likeness (QED) is 0.349. The molecule has 2 aliphatic rings. The molecule has 2 rings (SSSR count). The number of aliphatic hydroxyl groups excluding tert-OH is 1. The summed E-state index contributed by atoms with van der Waals surface area (Å²) in [5.74, 6) is -1.38. The van der Waals surface area contributed by atoms with E-state index in [2.05, 4.69) is 6.58 Å². The molecule has 0 aromatic rings. The molecule has 1 N–H and O–H groups in total. The van der Waals surface area contributed by atoms with E-state index in [1.54, 1.807) is 12.2 Å². The molecule has 6 nitrogen and oxygen atoms in total. The fourth-order valence-electron chi connectivity index (χ4n) is 3.28. The average molecular weight is 362 g/mol. The highest BCUT2D eigenvalue weighted by Gasteiger charge is 2.44. The number of carbonyl (C=O) groups excluding carboxylic acids is 3. The van der Waals surface area contributed by atoms with E-state index >= 15 is 0 Å². The van der Waals surface area contributed by atoms with Crippen LogP contribution < -0.4 is 0 Å². The van der Waals surface area contributed by atoms with Crippen molar-refractivity contribution in [3.05, 3.63) is 35.5 Å². The molecular weight excluding hydrogens is 336 g/mol. The van der Waals surface area contributed by atoms with Crippen LogP contribution in [0.25, 0.3) is 0 Å². The fraction of sp³-hybridized carbons (Fsp3) is 0.550. The highest BCUT2D eigenvalue weighted by atomic mass is 16.6. The Bertz CT molecular complexity index is 643. The topological polar surface area (TPSA) is 89.9 Å². The van der Waals surface area contributed by atoms with E-state index in [1.807, 2.05) is 13.8 Å². The molecular formula is C20H26O6. The molecule has 26 heavy (non-hydrogen) atoms. The lowest BCUT2D eigenvalue weighted by Crippen LogP contribution is -2.34. The Hall–Kier alpha value is -2.21. The van der Waals surface area contributed by atoms with Crippen molar-refractivity contribution in [2.75, 3.05) is 6.61 Å². The first-order valence-electron chi connectivity index (χ1n) is 8.89. The van der Waals surface area contributed by atoms with Crippen LogP contribution in [0.1, 0.15) is 39.5 Å². The van der Waals surface area contributed by atoms with Crippen LogP contribution in [0.2, 0.25) is 0 Å². The van der Waals surface area contributed by atoms with Gasteiger partial charge in [-0.25, -0.2) is 4.79 Å². The number of hydrogen-bond acceptors (Lipinski definition) is 6. The molecule has 3 atom stereocenters. The molecule has 0 saturated carbocycles. The third-order valence-electron chi connectivity index (χ3n) is 4.58. The molecule has 1 aliphatic carbocycles. The molecule has 1 fully saturated rings. The summed E-state index contributed by atoms with van der Waals surface area (Å²) in [4.78, 5) is 35.7. The molecule has 1 saturated heterocycles. The van der Waals surface area contributed by atoms with E-state index in [1.165, 1.54) is 0 Å². The van der Waals surface area contributed by atoms with Gasteiger partial charge in [-0.3, -0.25) is 9.59 Å². The van der Waals surface area contributed by atoms with Crippen LogP contribution in [0, 0.1) is 11.8 Å². The normalized spacial score (nSPS) is 30.5. The van der Waals surface area contributed by atoms with Crippen LogP contribution in [-0.2, 0) is 23.9 Å². The zero-order chi connectivity index (χ0) is 19.3. The molecule has 1 aliphatic heterocycles. The Labute approximate surface area is 153 Å². The van der Waals surface area contributed by atoms with Gasteiger partial charge in [-0.2, -0.15) is 0 Å². The van der Waals surface area contributed by atoms with Gasteiger partial charge in [0.2, 0.25) is 0 Å². The summed E-state index contributed by atoms with van der Waals surface area (Å²) in [6, 6.07) is 0. The molecule has 0 aromatic carbocycles. The number of hydrogen-bond donors (Lipinski definition) is 1. The van der Waals surface area contributed by atoms with Gasteiger partial charge in [0.25, 0.3) is 0 Å². The smallest absolute Gasteiger partial charge is 0.334 e. The standard InChI is InChI=1S/C20H26O6/c1-12(2)7-18(23)25-16-8-14(10-21)5-4-6-15(11-22)9-17-19(16)13(3)20(24)26-17/h5,9-10,12,16-17,19,22H,3-4,6-8,11H2,1-2H3/b14-5-,15-9-/t16-,17+,19+/m0/s1. The number of esters is 2. The second-order valence-corrected chi connectivity index (χ2v) is 7.17. The van der Waals surface area contributed by atoms with Gasteiger partial charge in [0.1, 0.15) is 18.5 Å². The summed E-state index contributed by atoms with van der Waals surface area (Å²) in [5.41, 5.74) is 1.42. The first-order chi connectivity index (χ1) is 12.3. The number of fused-ring (bicyclic) bond motifs is 1. The summed E-state index contributed by atoms with van der Waals surface area (Å²) in [5, 5.41) is 9.55. The van der Waals surface area contributed by atoms with Crippen molar-refractivity contribution in [2.24, 2.45) is 11.8 Å². The number of rotatable bonds is 5. The van der Waals surface area contributed by atoms with Crippen LogP contribution in [0.3, 0.4) is 0 Å². The summed E-state index contributed by atoms with van der Waals surface area (Å²) in [7, 11) is 0. The van der Waals surface area contributed by atoms with Gasteiger partial charge in [-0.15, -0.1) is 0 Å². The average Bonchev–Trinajstić information content (AvgIpc) is 2.85. The molecule has 0 unspecified atom stereocenters. The van der Waals surface area contributed by atoms with Gasteiger partial charge in [0, 0.05) is 18.4 Å². The number of carbonyl (C=O) groups is 3. The van der Waals surface area contributed by atoms with Crippen molar-refractivity contribution in [3.8, 4) is 0 Å². The van der Waals surface area contributed by atoms with Gasteiger partial charge < -0.3 is 14.6 Å². The first kappa shape index (κ1) is 20.1. The van der Waals surface area contributed by atoms with Gasteiger partial charge in [-0.05, 0) is 36.0 Å². The zero-order valence-corrected chi connectivity index (χ0v) is 15.3. The van der Waals surface area contributed by atoms with Gasteiger partial charge in [-0.1, -0.05) is 26.5 Å². The minimum atomic E-state index is -0.726. The van der Waals surface area contributed by atoms with E-state index in [4.69, 9.17) is 9.47 Å². The maximum Gasteiger partial charge on any atom is 0.334 e. The summed E-state index contributed by atoms with van der Waals surface area (Å²) in [6.45, 7) is 7.45. The lowest BCUT2D eigenvalue weighted by atomic mass is 9.85. The van der Waals surface area contributed by atoms with Crippen molar-refractivity contribution in [1.82, 2.24) is 0 Å². The number of ether oxygens (including phenoxy) is 2. The zero-order valence-electron chi connectivity index (χ0n) is 15.3. The molecule has 142 valence electrons.